The smallest absolute Gasteiger partial charge is 0.274 e. The number of nitrogens with zero attached hydrogens (tertiary/aromatic N) is 2. The minimum atomic E-state index is -0.275. The highest BCUT2D eigenvalue weighted by molar-refractivity contribution is 6.30. The first-order valence-electron chi connectivity index (χ1n) is 9.62. The van der Waals surface area contributed by atoms with Crippen LogP contribution < -0.4 is 10.9 Å². The van der Waals surface area contributed by atoms with E-state index in [0.717, 1.165) is 24.8 Å². The maximum atomic E-state index is 12.8. The highest BCUT2D eigenvalue weighted by Gasteiger charge is 2.16. The number of halogens is 1. The quantitative estimate of drug-likeness (QED) is 0.579. The molecule has 28 heavy (non-hydrogen) atoms. The van der Waals surface area contributed by atoms with Crippen LogP contribution in [0.15, 0.2) is 53.3 Å². The number of amides is 1. The fourth-order valence-corrected chi connectivity index (χ4v) is 3.38. The Labute approximate surface area is 169 Å². The van der Waals surface area contributed by atoms with Crippen molar-refractivity contribution in [2.45, 2.75) is 39.2 Å². The zero-order valence-electron chi connectivity index (χ0n) is 16.0. The van der Waals surface area contributed by atoms with E-state index in [9.17, 15) is 9.59 Å². The molecule has 6 heteroatoms. The molecule has 5 nitrogen and oxygen atoms in total. The van der Waals surface area contributed by atoms with Crippen LogP contribution in [0.4, 0.5) is 0 Å². The molecule has 0 bridgehead atoms. The van der Waals surface area contributed by atoms with E-state index >= 15 is 0 Å². The van der Waals surface area contributed by atoms with E-state index in [1.807, 2.05) is 30.3 Å². The number of aryl methyl sites for hydroxylation is 1. The Hall–Kier alpha value is -2.66. The van der Waals surface area contributed by atoms with Gasteiger partial charge >= 0.3 is 0 Å². The third kappa shape index (κ3) is 4.78. The lowest BCUT2D eigenvalue weighted by molar-refractivity contribution is 0.0948. The predicted molar refractivity (Wildman–Crippen MR) is 113 cm³/mol. The molecule has 0 unspecified atom stereocenters. The van der Waals surface area contributed by atoms with Gasteiger partial charge in [0.25, 0.3) is 11.5 Å². The maximum Gasteiger partial charge on any atom is 0.274 e. The second kappa shape index (κ2) is 9.51. The zero-order valence-corrected chi connectivity index (χ0v) is 16.7. The standard InChI is InChI=1S/C22H24ClN3O2/c1-2-3-6-14-26-22(28)19-11-5-4-10-18(19)20(25-26)21(27)24-13-12-16-8-7-9-17(23)15-16/h4-5,7-11,15H,2-3,6,12-14H2,1H3,(H,24,27). The predicted octanol–water partition coefficient (Wildman–Crippen LogP) is 4.21. The molecule has 0 radical (unpaired) electrons. The van der Waals surface area contributed by atoms with Crippen LogP contribution in [0.1, 0.15) is 42.2 Å². The summed E-state index contributed by atoms with van der Waals surface area (Å²) in [5.41, 5.74) is 1.19. The van der Waals surface area contributed by atoms with E-state index in [0.29, 0.717) is 35.3 Å². The molecule has 1 heterocycles. The van der Waals surface area contributed by atoms with Gasteiger partial charge in [0.2, 0.25) is 0 Å². The molecule has 0 aliphatic rings. The van der Waals surface area contributed by atoms with Gasteiger partial charge in [-0.05, 0) is 36.6 Å². The Morgan fingerprint density at radius 1 is 1.11 bits per heavy atom. The van der Waals surface area contributed by atoms with E-state index in [1.54, 1.807) is 18.2 Å². The summed E-state index contributed by atoms with van der Waals surface area (Å²) in [5, 5.41) is 9.08. The van der Waals surface area contributed by atoms with Crippen LogP contribution in [0.3, 0.4) is 0 Å². The molecule has 3 rings (SSSR count). The van der Waals surface area contributed by atoms with Gasteiger partial charge in [-0.25, -0.2) is 4.68 Å². The number of aromatic nitrogens is 2. The van der Waals surface area contributed by atoms with Crippen LogP contribution in [0.5, 0.6) is 0 Å². The highest BCUT2D eigenvalue weighted by atomic mass is 35.5. The fourth-order valence-electron chi connectivity index (χ4n) is 3.16. The van der Waals surface area contributed by atoms with E-state index in [2.05, 4.69) is 17.3 Å². The first-order valence-corrected chi connectivity index (χ1v) is 10.0. The zero-order chi connectivity index (χ0) is 19.9. The Kier molecular flexibility index (Phi) is 6.82. The Bertz CT molecular complexity index is 1030. The fraction of sp³-hybridized carbons (Fsp3) is 0.318. The Morgan fingerprint density at radius 2 is 1.89 bits per heavy atom. The van der Waals surface area contributed by atoms with Crippen molar-refractivity contribution in [3.05, 3.63) is 75.2 Å². The van der Waals surface area contributed by atoms with Crippen molar-refractivity contribution in [3.63, 3.8) is 0 Å². The van der Waals surface area contributed by atoms with E-state index in [4.69, 9.17) is 11.6 Å². The number of carbonyl (C=O) groups excluding carboxylic acids is 1. The molecule has 0 aliphatic heterocycles. The number of unbranched alkanes of at least 4 members (excludes halogenated alkanes) is 2. The van der Waals surface area contributed by atoms with Crippen LogP contribution in [0, 0.1) is 0 Å². The summed E-state index contributed by atoms with van der Waals surface area (Å²) in [5.74, 6) is -0.275. The topological polar surface area (TPSA) is 64.0 Å². The number of hydrogen-bond donors (Lipinski definition) is 1. The lowest BCUT2D eigenvalue weighted by atomic mass is 10.1. The molecule has 0 aliphatic carbocycles. The van der Waals surface area contributed by atoms with Gasteiger partial charge < -0.3 is 5.32 Å². The molecule has 1 amide bonds. The van der Waals surface area contributed by atoms with Gasteiger partial charge in [-0.15, -0.1) is 0 Å². The number of benzene rings is 2. The first-order chi connectivity index (χ1) is 13.6. The Morgan fingerprint density at radius 3 is 2.64 bits per heavy atom. The second-order valence-corrected chi connectivity index (χ2v) is 7.20. The molecule has 2 aromatic carbocycles. The SMILES string of the molecule is CCCCCn1nc(C(=O)NCCc2cccc(Cl)c2)c2ccccc2c1=O. The van der Waals surface area contributed by atoms with Crippen molar-refractivity contribution in [2.75, 3.05) is 6.54 Å². The molecule has 146 valence electrons. The molecule has 1 aromatic heterocycles. The van der Waals surface area contributed by atoms with Crippen LogP contribution >= 0.6 is 11.6 Å². The molecule has 0 fully saturated rings. The van der Waals surface area contributed by atoms with Gasteiger partial charge in [0, 0.05) is 23.5 Å². The third-order valence-electron chi connectivity index (χ3n) is 4.64. The van der Waals surface area contributed by atoms with Crippen LogP contribution in [-0.4, -0.2) is 22.2 Å². The van der Waals surface area contributed by atoms with Crippen LogP contribution in [-0.2, 0) is 13.0 Å². The largest absolute Gasteiger partial charge is 0.350 e. The number of nitrogens with one attached hydrogen (secondary N) is 1. The van der Waals surface area contributed by atoms with E-state index < -0.39 is 0 Å². The second-order valence-electron chi connectivity index (χ2n) is 6.77. The number of fused-ring (bicyclic) bond motifs is 1. The summed E-state index contributed by atoms with van der Waals surface area (Å²) >= 11 is 6.00. The minimum absolute atomic E-state index is 0.151. The summed E-state index contributed by atoms with van der Waals surface area (Å²) in [7, 11) is 0. The maximum absolute atomic E-state index is 12.8. The van der Waals surface area contributed by atoms with Gasteiger partial charge in [-0.1, -0.05) is 61.7 Å². The molecule has 0 saturated carbocycles. The lowest BCUT2D eigenvalue weighted by Crippen LogP contribution is -2.31. The Balaban J connectivity index is 1.80. The van der Waals surface area contributed by atoms with Crippen molar-refractivity contribution in [3.8, 4) is 0 Å². The monoisotopic (exact) mass is 397 g/mol. The summed E-state index contributed by atoms with van der Waals surface area (Å²) < 4.78 is 1.42. The molecule has 0 spiro atoms. The lowest BCUT2D eigenvalue weighted by Gasteiger charge is -2.11. The van der Waals surface area contributed by atoms with Gasteiger partial charge in [0.05, 0.1) is 5.39 Å². The van der Waals surface area contributed by atoms with Gasteiger partial charge in [0.15, 0.2) is 5.69 Å². The highest BCUT2D eigenvalue weighted by Crippen LogP contribution is 2.14. The molecular weight excluding hydrogens is 374 g/mol. The average molecular weight is 398 g/mol. The number of carbonyl (C=O) groups is 1. The molecular formula is C22H24ClN3O2. The van der Waals surface area contributed by atoms with Gasteiger partial charge in [-0.3, -0.25) is 9.59 Å². The molecule has 3 aromatic rings. The van der Waals surface area contributed by atoms with Gasteiger partial charge in [-0.2, -0.15) is 5.10 Å². The molecule has 1 N–H and O–H groups in total. The minimum Gasteiger partial charge on any atom is -0.350 e. The van der Waals surface area contributed by atoms with Crippen LogP contribution in [0.25, 0.3) is 10.8 Å². The number of rotatable bonds is 8. The number of hydrogen-bond acceptors (Lipinski definition) is 3. The van der Waals surface area contributed by atoms with Crippen molar-refractivity contribution in [2.24, 2.45) is 0 Å². The van der Waals surface area contributed by atoms with Crippen molar-refractivity contribution in [1.29, 1.82) is 0 Å². The molecule has 0 atom stereocenters. The van der Waals surface area contributed by atoms with Crippen molar-refractivity contribution < 1.29 is 4.79 Å². The van der Waals surface area contributed by atoms with E-state index in [-0.39, 0.29) is 17.2 Å². The van der Waals surface area contributed by atoms with E-state index in [1.165, 1.54) is 4.68 Å². The van der Waals surface area contributed by atoms with Gasteiger partial charge in [0.1, 0.15) is 0 Å². The summed E-state index contributed by atoms with van der Waals surface area (Å²) in [6.45, 7) is 3.08. The average Bonchev–Trinajstić information content (AvgIpc) is 2.70. The summed E-state index contributed by atoms with van der Waals surface area (Å²) in [6.07, 6.45) is 3.60. The van der Waals surface area contributed by atoms with Crippen molar-refractivity contribution in [1.82, 2.24) is 15.1 Å². The first kappa shape index (κ1) is 20.1. The summed E-state index contributed by atoms with van der Waals surface area (Å²) in [4.78, 5) is 25.5. The normalized spacial score (nSPS) is 10.9. The molecule has 0 saturated heterocycles. The van der Waals surface area contributed by atoms with Crippen molar-refractivity contribution >= 4 is 28.3 Å². The third-order valence-corrected chi connectivity index (χ3v) is 4.88. The summed E-state index contributed by atoms with van der Waals surface area (Å²) in [6, 6.07) is 14.7. The van der Waals surface area contributed by atoms with Crippen LogP contribution in [0.2, 0.25) is 5.02 Å².